The van der Waals surface area contributed by atoms with Crippen LogP contribution in [-0.2, 0) is 23.7 Å². The van der Waals surface area contributed by atoms with E-state index >= 15 is 0 Å². The highest BCUT2D eigenvalue weighted by atomic mass is 16.8. The van der Waals surface area contributed by atoms with Crippen LogP contribution < -0.4 is 0 Å². The normalized spacial score (nSPS) is 55.0. The molecule has 0 unspecified atom stereocenters. The summed E-state index contributed by atoms with van der Waals surface area (Å²) in [7, 11) is 0. The maximum absolute atomic E-state index is 10.5. The lowest BCUT2D eigenvalue weighted by atomic mass is 9.96. The predicted octanol–water partition coefficient (Wildman–Crippen LogP) is -5.52. The average Bonchev–Trinajstić information content (AvgIpc) is 2.76. The first kappa shape index (κ1) is 26.1. The van der Waals surface area contributed by atoms with Gasteiger partial charge in [0.1, 0.15) is 61.0 Å². The number of rotatable bonds is 5. The van der Waals surface area contributed by atoms with Crippen LogP contribution in [0.15, 0.2) is 0 Å². The Hall–Kier alpha value is -0.560. The molecule has 0 amide bonds. The quantitative estimate of drug-likeness (QED) is 0.182. The minimum atomic E-state index is -1.75. The Labute approximate surface area is 183 Å². The van der Waals surface area contributed by atoms with Crippen LogP contribution in [0.4, 0.5) is 0 Å². The van der Waals surface area contributed by atoms with E-state index in [1.165, 1.54) is 13.8 Å². The number of aliphatic hydroxyl groups is 9. The van der Waals surface area contributed by atoms with Crippen LogP contribution in [0.3, 0.4) is 0 Å². The van der Waals surface area contributed by atoms with Crippen molar-refractivity contribution in [3.63, 3.8) is 0 Å². The predicted molar refractivity (Wildman–Crippen MR) is 98.4 cm³/mol. The number of hydrogen-bond donors (Lipinski definition) is 9. The van der Waals surface area contributed by atoms with Crippen molar-refractivity contribution in [2.45, 2.75) is 106 Å². The van der Waals surface area contributed by atoms with Gasteiger partial charge in [0.2, 0.25) is 0 Å². The van der Waals surface area contributed by atoms with Gasteiger partial charge in [-0.2, -0.15) is 0 Å². The highest BCUT2D eigenvalue weighted by Crippen LogP contribution is 2.32. The third kappa shape index (κ3) is 4.94. The van der Waals surface area contributed by atoms with Gasteiger partial charge in [0.15, 0.2) is 18.9 Å². The molecule has 0 aromatic rings. The van der Waals surface area contributed by atoms with E-state index in [1.807, 2.05) is 0 Å². The fourth-order valence-electron chi connectivity index (χ4n) is 3.96. The zero-order chi connectivity index (χ0) is 23.9. The molecule has 0 bridgehead atoms. The van der Waals surface area contributed by atoms with Gasteiger partial charge in [0, 0.05) is 0 Å². The lowest BCUT2D eigenvalue weighted by Crippen LogP contribution is -2.65. The van der Waals surface area contributed by atoms with Gasteiger partial charge in [-0.3, -0.25) is 0 Å². The Bertz CT molecular complexity index is 608. The van der Waals surface area contributed by atoms with E-state index in [1.54, 1.807) is 0 Å². The summed E-state index contributed by atoms with van der Waals surface area (Å²) in [5.74, 6) is 0. The summed E-state index contributed by atoms with van der Waals surface area (Å²) < 4.78 is 27.2. The van der Waals surface area contributed by atoms with E-state index in [0.717, 1.165) is 0 Å². The third-order valence-electron chi connectivity index (χ3n) is 6.01. The van der Waals surface area contributed by atoms with Crippen molar-refractivity contribution in [1.82, 2.24) is 0 Å². The molecule has 0 aromatic carbocycles. The van der Waals surface area contributed by atoms with Crippen molar-refractivity contribution >= 4 is 0 Å². The third-order valence-corrected chi connectivity index (χ3v) is 6.01. The second-order valence-corrected chi connectivity index (χ2v) is 8.30. The van der Waals surface area contributed by atoms with Crippen LogP contribution in [-0.4, -0.2) is 145 Å². The van der Waals surface area contributed by atoms with E-state index in [0.29, 0.717) is 0 Å². The Morgan fingerprint density at radius 1 is 0.562 bits per heavy atom. The lowest BCUT2D eigenvalue weighted by Gasteiger charge is -2.48. The van der Waals surface area contributed by atoms with Crippen molar-refractivity contribution in [3.8, 4) is 0 Å². The molecule has 32 heavy (non-hydrogen) atoms. The van der Waals surface area contributed by atoms with Crippen molar-refractivity contribution in [1.29, 1.82) is 0 Å². The molecule has 3 heterocycles. The summed E-state index contributed by atoms with van der Waals surface area (Å²) in [5, 5.41) is 90.0. The van der Waals surface area contributed by atoms with Crippen molar-refractivity contribution in [2.75, 3.05) is 6.61 Å². The lowest BCUT2D eigenvalue weighted by molar-refractivity contribution is -0.379. The molecular formula is C18H32O14. The van der Waals surface area contributed by atoms with Crippen LogP contribution in [0.1, 0.15) is 13.8 Å². The van der Waals surface area contributed by atoms with Gasteiger partial charge in [0.05, 0.1) is 18.8 Å². The Kier molecular flexibility index (Phi) is 8.44. The summed E-state index contributed by atoms with van der Waals surface area (Å²) in [4.78, 5) is 0. The number of hydrogen-bond acceptors (Lipinski definition) is 14. The van der Waals surface area contributed by atoms with Crippen molar-refractivity contribution in [2.24, 2.45) is 0 Å². The Morgan fingerprint density at radius 2 is 1.09 bits per heavy atom. The number of ether oxygens (including phenoxy) is 5. The number of aliphatic hydroxyl groups excluding tert-OH is 9. The van der Waals surface area contributed by atoms with Gasteiger partial charge >= 0.3 is 0 Å². The molecule has 188 valence electrons. The first-order valence-electron chi connectivity index (χ1n) is 10.3. The van der Waals surface area contributed by atoms with Gasteiger partial charge in [-0.25, -0.2) is 0 Å². The molecule has 14 nitrogen and oxygen atoms in total. The van der Waals surface area contributed by atoms with Crippen LogP contribution in [0.5, 0.6) is 0 Å². The summed E-state index contributed by atoms with van der Waals surface area (Å²) in [6.07, 6.45) is -22.3. The minimum absolute atomic E-state index is 0.691. The summed E-state index contributed by atoms with van der Waals surface area (Å²) in [6.45, 7) is 2.18. The van der Waals surface area contributed by atoms with Gasteiger partial charge < -0.3 is 69.6 Å². The monoisotopic (exact) mass is 472 g/mol. The smallest absolute Gasteiger partial charge is 0.187 e. The van der Waals surface area contributed by atoms with Crippen LogP contribution in [0.25, 0.3) is 0 Å². The second kappa shape index (κ2) is 10.4. The van der Waals surface area contributed by atoms with Gasteiger partial charge in [-0.1, -0.05) is 0 Å². The van der Waals surface area contributed by atoms with Gasteiger partial charge in [-0.15, -0.1) is 0 Å². The van der Waals surface area contributed by atoms with Crippen molar-refractivity contribution in [3.05, 3.63) is 0 Å². The van der Waals surface area contributed by atoms with E-state index in [2.05, 4.69) is 0 Å². The first-order valence-corrected chi connectivity index (χ1v) is 10.3. The summed E-state index contributed by atoms with van der Waals surface area (Å²) in [5.41, 5.74) is 0. The molecule has 9 N–H and O–H groups in total. The molecule has 14 heteroatoms. The van der Waals surface area contributed by atoms with Crippen molar-refractivity contribution < 1.29 is 69.6 Å². The fourth-order valence-corrected chi connectivity index (χ4v) is 3.96. The SMILES string of the molecule is C[C@@H]1O[C@@H](O[C@H]2[C@@H](O)[C@H](O)O[C@@H](C)[C@@H]2O[C@@H]2O[C@H](CO)[C@@H](O)[C@H](O)[C@H]2O)[C@H](O)[C@H](O)[C@H]1O. The zero-order valence-corrected chi connectivity index (χ0v) is 17.4. The highest BCUT2D eigenvalue weighted by molar-refractivity contribution is 4.95. The maximum atomic E-state index is 10.5. The van der Waals surface area contributed by atoms with Crippen LogP contribution in [0.2, 0.25) is 0 Å². The minimum Gasteiger partial charge on any atom is -0.394 e. The highest BCUT2D eigenvalue weighted by Gasteiger charge is 2.52. The molecule has 3 saturated heterocycles. The van der Waals surface area contributed by atoms with E-state index in [4.69, 9.17) is 23.7 Å². The zero-order valence-electron chi connectivity index (χ0n) is 17.4. The average molecular weight is 472 g/mol. The topological polar surface area (TPSA) is 228 Å². The molecule has 0 aliphatic carbocycles. The molecule has 0 saturated carbocycles. The summed E-state index contributed by atoms with van der Waals surface area (Å²) in [6, 6.07) is 0. The Morgan fingerprint density at radius 3 is 1.69 bits per heavy atom. The molecule has 0 radical (unpaired) electrons. The van der Waals surface area contributed by atoms with Crippen LogP contribution >= 0.6 is 0 Å². The molecule has 15 atom stereocenters. The second-order valence-electron chi connectivity index (χ2n) is 8.30. The Balaban J connectivity index is 1.79. The van der Waals surface area contributed by atoms with E-state index in [-0.39, 0.29) is 0 Å². The molecule has 0 spiro atoms. The first-order chi connectivity index (χ1) is 15.0. The molecule has 3 fully saturated rings. The molecule has 3 aliphatic rings. The molecule has 3 rings (SSSR count). The standard InChI is InChI=1S/C18H32O14/c1-4-7(20)9(22)11(24)17(29-4)32-15-13(26)16(27)28-5(2)14(15)31-18-12(25)10(23)8(21)6(3-19)30-18/h4-27H,3H2,1-2H3/t4-,5-,6+,7-,8+,9+,10-,11+,12+,13+,14-,15-,16+,17-,18-/m0/s1. The largest absolute Gasteiger partial charge is 0.394 e. The summed E-state index contributed by atoms with van der Waals surface area (Å²) >= 11 is 0. The van der Waals surface area contributed by atoms with Crippen LogP contribution in [0, 0.1) is 0 Å². The molecule has 3 aliphatic heterocycles. The maximum Gasteiger partial charge on any atom is 0.187 e. The molecule has 0 aromatic heterocycles. The van der Waals surface area contributed by atoms with Gasteiger partial charge in [0.25, 0.3) is 0 Å². The van der Waals surface area contributed by atoms with E-state index < -0.39 is 98.7 Å². The molecular weight excluding hydrogens is 440 g/mol. The fraction of sp³-hybridized carbons (Fsp3) is 1.00. The van der Waals surface area contributed by atoms with E-state index in [9.17, 15) is 46.0 Å². The van der Waals surface area contributed by atoms with Gasteiger partial charge in [-0.05, 0) is 13.8 Å².